The van der Waals surface area contributed by atoms with Gasteiger partial charge >= 0.3 is 0 Å². The van der Waals surface area contributed by atoms with Crippen molar-refractivity contribution < 1.29 is 4.39 Å². The van der Waals surface area contributed by atoms with Crippen LogP contribution in [0.4, 0.5) is 10.2 Å². The Hall–Kier alpha value is -3.80. The lowest BCUT2D eigenvalue weighted by atomic mass is 10.1. The van der Waals surface area contributed by atoms with Crippen LogP contribution >= 0.6 is 0 Å². The average Bonchev–Trinajstić information content (AvgIpc) is 3.38. The van der Waals surface area contributed by atoms with Crippen LogP contribution in [0.5, 0.6) is 0 Å². The number of rotatable bonds is 8. The molecule has 0 aliphatic heterocycles. The highest BCUT2D eigenvalue weighted by molar-refractivity contribution is 5.79. The predicted molar refractivity (Wildman–Crippen MR) is 115 cm³/mol. The first-order chi connectivity index (χ1) is 14.6. The van der Waals surface area contributed by atoms with Gasteiger partial charge in [-0.15, -0.1) is 0 Å². The highest BCUT2D eigenvalue weighted by atomic mass is 19.1. The summed E-state index contributed by atoms with van der Waals surface area (Å²) in [5.74, 6) is 0.639. The fourth-order valence-electron chi connectivity index (χ4n) is 3.06. The van der Waals surface area contributed by atoms with Crippen molar-refractivity contribution in [3.63, 3.8) is 0 Å². The van der Waals surface area contributed by atoms with Gasteiger partial charge in [-0.05, 0) is 49.2 Å². The van der Waals surface area contributed by atoms with Crippen LogP contribution in [0, 0.1) is 17.1 Å². The summed E-state index contributed by atoms with van der Waals surface area (Å²) >= 11 is 0. The fourth-order valence-corrected chi connectivity index (χ4v) is 3.06. The monoisotopic (exact) mass is 408 g/mol. The molecular formula is C21H25FN8. The zero-order chi connectivity index (χ0) is 21.3. The largest absolute Gasteiger partial charge is 0.382 e. The van der Waals surface area contributed by atoms with Crippen molar-refractivity contribution in [2.24, 2.45) is 4.99 Å². The lowest BCUT2D eigenvalue weighted by Crippen LogP contribution is -2.39. The van der Waals surface area contributed by atoms with Gasteiger partial charge in [-0.3, -0.25) is 4.99 Å². The molecule has 3 aromatic rings. The van der Waals surface area contributed by atoms with Gasteiger partial charge in [-0.1, -0.05) is 0 Å². The van der Waals surface area contributed by atoms with E-state index in [-0.39, 0.29) is 11.6 Å². The number of guanidine groups is 1. The molecule has 0 spiro atoms. The highest BCUT2D eigenvalue weighted by Crippen LogP contribution is 2.21. The number of hydrogen-bond donors (Lipinski definition) is 3. The second-order valence-corrected chi connectivity index (χ2v) is 6.66. The van der Waals surface area contributed by atoms with Gasteiger partial charge in [0.1, 0.15) is 23.3 Å². The van der Waals surface area contributed by atoms with Crippen molar-refractivity contribution in [1.29, 1.82) is 5.26 Å². The van der Waals surface area contributed by atoms with Gasteiger partial charge < -0.3 is 20.9 Å². The molecule has 2 heterocycles. The standard InChI is InChI=1S/C21H25FN8/c1-25-21(27-11-14-29-12-2-3-13-29)26-10-4-5-19-18(15-23)20(24)30(28-19)17-8-6-16(22)7-9-17/h2-3,6-9,12-13H,4-5,10-11,14,24H2,1H3,(H2,25,26,27). The van der Waals surface area contributed by atoms with Crippen molar-refractivity contribution in [3.05, 3.63) is 65.9 Å². The maximum atomic E-state index is 13.2. The molecule has 0 unspecified atom stereocenters. The number of nitrogens with one attached hydrogen (secondary N) is 2. The molecule has 0 saturated carbocycles. The van der Waals surface area contributed by atoms with E-state index in [2.05, 4.69) is 31.4 Å². The Bertz CT molecular complexity index is 1010. The molecular weight excluding hydrogens is 383 g/mol. The predicted octanol–water partition coefficient (Wildman–Crippen LogP) is 2.06. The van der Waals surface area contributed by atoms with Gasteiger partial charge in [0.2, 0.25) is 0 Å². The minimum absolute atomic E-state index is 0.259. The van der Waals surface area contributed by atoms with Gasteiger partial charge in [-0.25, -0.2) is 9.07 Å². The summed E-state index contributed by atoms with van der Waals surface area (Å²) < 4.78 is 16.7. The quantitative estimate of drug-likeness (QED) is 0.300. The number of nitrogen functional groups attached to an aromatic ring is 1. The first-order valence-corrected chi connectivity index (χ1v) is 9.71. The smallest absolute Gasteiger partial charge is 0.191 e. The van der Waals surface area contributed by atoms with Gasteiger partial charge in [-0.2, -0.15) is 10.4 Å². The third-order valence-electron chi connectivity index (χ3n) is 4.61. The summed E-state index contributed by atoms with van der Waals surface area (Å²) in [5, 5.41) is 20.5. The molecule has 8 nitrogen and oxygen atoms in total. The Balaban J connectivity index is 1.52. The van der Waals surface area contributed by atoms with Crippen LogP contribution < -0.4 is 16.4 Å². The molecule has 1 aromatic carbocycles. The number of aromatic nitrogens is 3. The number of nitrogens with two attached hydrogens (primary N) is 1. The summed E-state index contributed by atoms with van der Waals surface area (Å²) in [5.41, 5.74) is 7.68. The molecule has 0 amide bonds. The van der Waals surface area contributed by atoms with E-state index in [0.29, 0.717) is 29.9 Å². The number of hydrogen-bond acceptors (Lipinski definition) is 4. The SMILES string of the molecule is CN=C(NCCCc1nn(-c2ccc(F)cc2)c(N)c1C#N)NCCn1cccc1. The topological polar surface area (TPSA) is 109 Å². The van der Waals surface area contributed by atoms with Gasteiger partial charge in [0.25, 0.3) is 0 Å². The summed E-state index contributed by atoms with van der Waals surface area (Å²) in [6.07, 6.45) is 5.35. The molecule has 0 radical (unpaired) electrons. The van der Waals surface area contributed by atoms with Crippen molar-refractivity contribution in [2.75, 3.05) is 25.9 Å². The lowest BCUT2D eigenvalue weighted by molar-refractivity contribution is 0.627. The van der Waals surface area contributed by atoms with Gasteiger partial charge in [0.15, 0.2) is 5.96 Å². The fraction of sp³-hybridized carbons (Fsp3) is 0.286. The lowest BCUT2D eigenvalue weighted by Gasteiger charge is -2.12. The molecule has 4 N–H and O–H groups in total. The molecule has 30 heavy (non-hydrogen) atoms. The Morgan fingerprint density at radius 1 is 1.20 bits per heavy atom. The third kappa shape index (κ3) is 5.17. The number of aliphatic imine (C=N–C) groups is 1. The van der Waals surface area contributed by atoms with E-state index in [4.69, 9.17) is 5.73 Å². The van der Waals surface area contributed by atoms with E-state index in [0.717, 1.165) is 25.5 Å². The Kier molecular flexibility index (Phi) is 7.05. The molecule has 0 atom stereocenters. The maximum absolute atomic E-state index is 13.2. The number of halogens is 1. The third-order valence-corrected chi connectivity index (χ3v) is 4.61. The second-order valence-electron chi connectivity index (χ2n) is 6.66. The van der Waals surface area contributed by atoms with Crippen LogP contribution in [-0.2, 0) is 13.0 Å². The maximum Gasteiger partial charge on any atom is 0.191 e. The van der Waals surface area contributed by atoms with Crippen LogP contribution in [0.2, 0.25) is 0 Å². The van der Waals surface area contributed by atoms with E-state index in [1.54, 1.807) is 19.2 Å². The van der Waals surface area contributed by atoms with Crippen LogP contribution in [-0.4, -0.2) is 40.4 Å². The summed E-state index contributed by atoms with van der Waals surface area (Å²) in [4.78, 5) is 4.21. The minimum atomic E-state index is -0.341. The van der Waals surface area contributed by atoms with Crippen LogP contribution in [0.25, 0.3) is 5.69 Å². The highest BCUT2D eigenvalue weighted by Gasteiger charge is 2.16. The normalized spacial score (nSPS) is 11.3. The van der Waals surface area contributed by atoms with Gasteiger partial charge in [0, 0.05) is 39.1 Å². The van der Waals surface area contributed by atoms with E-state index < -0.39 is 0 Å². The molecule has 3 rings (SSSR count). The zero-order valence-electron chi connectivity index (χ0n) is 16.8. The van der Waals surface area contributed by atoms with E-state index in [1.807, 2.05) is 24.5 Å². The zero-order valence-corrected chi connectivity index (χ0v) is 16.8. The van der Waals surface area contributed by atoms with Crippen LogP contribution in [0.3, 0.4) is 0 Å². The second kappa shape index (κ2) is 10.1. The summed E-state index contributed by atoms with van der Waals surface area (Å²) in [7, 11) is 1.73. The van der Waals surface area contributed by atoms with E-state index in [1.165, 1.54) is 16.8 Å². The number of benzene rings is 1. The number of nitrogens with zero attached hydrogens (tertiary/aromatic N) is 5. The molecule has 156 valence electrons. The number of aryl methyl sites for hydroxylation is 1. The average molecular weight is 408 g/mol. The van der Waals surface area contributed by atoms with Crippen molar-refractivity contribution >= 4 is 11.8 Å². The molecule has 0 aliphatic rings. The van der Waals surface area contributed by atoms with Crippen molar-refractivity contribution in [3.8, 4) is 11.8 Å². The van der Waals surface area contributed by atoms with Gasteiger partial charge in [0.05, 0.1) is 11.4 Å². The van der Waals surface area contributed by atoms with Crippen LogP contribution in [0.15, 0.2) is 53.8 Å². The van der Waals surface area contributed by atoms with Crippen molar-refractivity contribution in [2.45, 2.75) is 19.4 Å². The van der Waals surface area contributed by atoms with E-state index in [9.17, 15) is 9.65 Å². The number of nitriles is 1. The Morgan fingerprint density at radius 2 is 1.90 bits per heavy atom. The summed E-state index contributed by atoms with van der Waals surface area (Å²) in [6.45, 7) is 2.27. The van der Waals surface area contributed by atoms with Crippen LogP contribution in [0.1, 0.15) is 17.7 Å². The molecule has 0 aliphatic carbocycles. The first kappa shape index (κ1) is 20.9. The number of anilines is 1. The van der Waals surface area contributed by atoms with Crippen molar-refractivity contribution in [1.82, 2.24) is 25.0 Å². The molecule has 0 saturated heterocycles. The van der Waals surface area contributed by atoms with E-state index >= 15 is 0 Å². The summed E-state index contributed by atoms with van der Waals surface area (Å²) in [6, 6.07) is 11.9. The molecule has 0 fully saturated rings. The first-order valence-electron chi connectivity index (χ1n) is 9.71. The minimum Gasteiger partial charge on any atom is -0.382 e. The Morgan fingerprint density at radius 3 is 2.57 bits per heavy atom. The molecule has 9 heteroatoms. The molecule has 2 aromatic heterocycles. The molecule has 0 bridgehead atoms. The Labute approximate surface area is 174 Å².